The maximum absolute atomic E-state index is 11.5. The number of nitrogens with two attached hydrogens (primary N) is 1. The highest BCUT2D eigenvalue weighted by Crippen LogP contribution is 2.34. The van der Waals surface area contributed by atoms with Crippen molar-refractivity contribution in [2.45, 2.75) is 6.92 Å². The van der Waals surface area contributed by atoms with Crippen molar-refractivity contribution in [2.24, 2.45) is 5.73 Å². The summed E-state index contributed by atoms with van der Waals surface area (Å²) in [6.45, 7) is 1.71. The summed E-state index contributed by atoms with van der Waals surface area (Å²) in [5, 5.41) is 0.892. The Bertz CT molecular complexity index is 930. The van der Waals surface area contributed by atoms with Gasteiger partial charge < -0.3 is 5.73 Å². The summed E-state index contributed by atoms with van der Waals surface area (Å²) in [6, 6.07) is 4.96. The summed E-state index contributed by atoms with van der Waals surface area (Å²) in [5.74, 6) is -0.545. The number of nitrogens with zero attached hydrogens (tertiary/aromatic N) is 2. The van der Waals surface area contributed by atoms with Crippen molar-refractivity contribution >= 4 is 51.7 Å². The molecule has 0 aliphatic heterocycles. The average Bonchev–Trinajstić information content (AvgIpc) is 2.96. The quantitative estimate of drug-likeness (QED) is 0.730. The van der Waals surface area contributed by atoms with Gasteiger partial charge in [-0.15, -0.1) is 0 Å². The van der Waals surface area contributed by atoms with Gasteiger partial charge in [-0.05, 0) is 25.1 Å². The molecular weight excluding hydrogens is 345 g/mol. The molecule has 1 amide bonds. The Labute approximate surface area is 139 Å². The molecule has 2 aromatic heterocycles. The van der Waals surface area contributed by atoms with E-state index in [1.807, 2.05) is 0 Å². The first-order valence-corrected chi connectivity index (χ1v) is 7.73. The number of thiazole rings is 1. The molecule has 2 N–H and O–H groups in total. The summed E-state index contributed by atoms with van der Waals surface area (Å²) in [6.07, 6.45) is 0.685. The highest BCUT2D eigenvalue weighted by molar-refractivity contribution is 7.19. The maximum atomic E-state index is 11.5. The van der Waals surface area contributed by atoms with Crippen LogP contribution in [0.1, 0.15) is 25.9 Å². The van der Waals surface area contributed by atoms with Crippen LogP contribution in [0.5, 0.6) is 0 Å². The van der Waals surface area contributed by atoms with Crippen LogP contribution in [-0.4, -0.2) is 21.6 Å². The van der Waals surface area contributed by atoms with Crippen LogP contribution in [0.4, 0.5) is 0 Å². The van der Waals surface area contributed by atoms with E-state index in [9.17, 15) is 9.59 Å². The minimum atomic E-state index is -0.545. The molecule has 0 unspecified atom stereocenters. The second kappa shape index (κ2) is 5.39. The number of primary amides is 1. The Morgan fingerprint density at radius 1 is 1.41 bits per heavy atom. The standard InChI is InChI=1S/C14H9Cl2N3O2S/c1-6-12(13(17)21)22-14-18-11(10(5-20)19(6)14)8-3-2-7(15)4-9(8)16/h2-5H,1H3,(H2,17,21). The van der Waals surface area contributed by atoms with Crippen LogP contribution in [-0.2, 0) is 0 Å². The summed E-state index contributed by atoms with van der Waals surface area (Å²) in [5.41, 5.74) is 7.27. The minimum absolute atomic E-state index is 0.320. The van der Waals surface area contributed by atoms with Crippen molar-refractivity contribution in [3.05, 3.63) is 44.5 Å². The molecule has 0 saturated heterocycles. The molecule has 1 aromatic carbocycles. The van der Waals surface area contributed by atoms with E-state index >= 15 is 0 Å². The zero-order valence-corrected chi connectivity index (χ0v) is 13.6. The molecule has 8 heteroatoms. The molecule has 0 radical (unpaired) electrons. The third kappa shape index (κ3) is 2.20. The number of carbonyl (C=O) groups excluding carboxylic acids is 2. The Morgan fingerprint density at radius 3 is 2.73 bits per heavy atom. The van der Waals surface area contributed by atoms with Gasteiger partial charge in [0.25, 0.3) is 5.91 Å². The smallest absolute Gasteiger partial charge is 0.260 e. The van der Waals surface area contributed by atoms with Crippen molar-refractivity contribution in [3.63, 3.8) is 0 Å². The van der Waals surface area contributed by atoms with Crippen LogP contribution in [0, 0.1) is 6.92 Å². The van der Waals surface area contributed by atoms with Gasteiger partial charge in [0.1, 0.15) is 16.3 Å². The molecule has 0 saturated carbocycles. The Morgan fingerprint density at radius 2 is 2.14 bits per heavy atom. The van der Waals surface area contributed by atoms with E-state index in [2.05, 4.69) is 4.98 Å². The van der Waals surface area contributed by atoms with Crippen LogP contribution >= 0.6 is 34.5 Å². The zero-order chi connectivity index (χ0) is 16.0. The number of aryl methyl sites for hydroxylation is 1. The van der Waals surface area contributed by atoms with E-state index in [-0.39, 0.29) is 0 Å². The minimum Gasteiger partial charge on any atom is -0.365 e. The predicted molar refractivity (Wildman–Crippen MR) is 87.2 cm³/mol. The highest BCUT2D eigenvalue weighted by Gasteiger charge is 2.22. The second-order valence-electron chi connectivity index (χ2n) is 4.59. The number of imidazole rings is 1. The van der Waals surface area contributed by atoms with Crippen molar-refractivity contribution in [1.29, 1.82) is 0 Å². The molecule has 0 atom stereocenters. The first-order valence-electron chi connectivity index (χ1n) is 6.16. The third-order valence-corrected chi connectivity index (χ3v) is 4.97. The molecule has 0 aliphatic carbocycles. The normalized spacial score (nSPS) is 11.0. The number of aldehydes is 1. The monoisotopic (exact) mass is 353 g/mol. The fourth-order valence-corrected chi connectivity index (χ4v) is 3.77. The van der Waals surface area contributed by atoms with Crippen LogP contribution in [0.3, 0.4) is 0 Å². The fraction of sp³-hybridized carbons (Fsp3) is 0.0714. The van der Waals surface area contributed by atoms with Crippen molar-refractivity contribution in [3.8, 4) is 11.3 Å². The molecule has 0 aliphatic rings. The molecule has 22 heavy (non-hydrogen) atoms. The van der Waals surface area contributed by atoms with E-state index in [0.29, 0.717) is 48.8 Å². The van der Waals surface area contributed by atoms with Gasteiger partial charge >= 0.3 is 0 Å². The SMILES string of the molecule is Cc1c(C(N)=O)sc2nc(-c3ccc(Cl)cc3Cl)c(C=O)n12. The number of benzene rings is 1. The molecule has 3 aromatic rings. The molecule has 112 valence electrons. The van der Waals surface area contributed by atoms with Gasteiger partial charge in [0.2, 0.25) is 0 Å². The van der Waals surface area contributed by atoms with Gasteiger partial charge in [-0.1, -0.05) is 34.5 Å². The van der Waals surface area contributed by atoms with Crippen LogP contribution in [0.15, 0.2) is 18.2 Å². The fourth-order valence-electron chi connectivity index (χ4n) is 2.29. The number of carbonyl (C=O) groups is 2. The van der Waals surface area contributed by atoms with Crippen LogP contribution in [0.2, 0.25) is 10.0 Å². The molecule has 0 spiro atoms. The first-order chi connectivity index (χ1) is 10.4. The Hall–Kier alpha value is -1.89. The lowest BCUT2D eigenvalue weighted by Crippen LogP contribution is -2.11. The number of hydrogen-bond acceptors (Lipinski definition) is 4. The lowest BCUT2D eigenvalue weighted by molar-refractivity contribution is 0.100. The topological polar surface area (TPSA) is 77.5 Å². The Kier molecular flexibility index (Phi) is 3.68. The van der Waals surface area contributed by atoms with Crippen molar-refractivity contribution in [1.82, 2.24) is 9.38 Å². The van der Waals surface area contributed by atoms with Gasteiger partial charge in [0.05, 0.1) is 5.02 Å². The second-order valence-corrected chi connectivity index (χ2v) is 6.41. The van der Waals surface area contributed by atoms with Crippen molar-refractivity contribution < 1.29 is 9.59 Å². The lowest BCUT2D eigenvalue weighted by Gasteiger charge is -2.03. The van der Waals surface area contributed by atoms with Gasteiger partial charge in [-0.2, -0.15) is 0 Å². The number of halogens is 2. The zero-order valence-electron chi connectivity index (χ0n) is 11.3. The lowest BCUT2D eigenvalue weighted by atomic mass is 10.1. The van der Waals surface area contributed by atoms with Crippen molar-refractivity contribution in [2.75, 3.05) is 0 Å². The molecule has 3 rings (SSSR count). The molecule has 2 heterocycles. The molecule has 5 nitrogen and oxygen atoms in total. The molecular formula is C14H9Cl2N3O2S. The number of hydrogen-bond donors (Lipinski definition) is 1. The number of rotatable bonds is 3. The molecule has 0 fully saturated rings. The molecule has 0 bridgehead atoms. The highest BCUT2D eigenvalue weighted by atomic mass is 35.5. The van der Waals surface area contributed by atoms with Gasteiger partial charge in [-0.3, -0.25) is 14.0 Å². The van der Waals surface area contributed by atoms with Gasteiger partial charge in [0, 0.05) is 16.3 Å². The number of amides is 1. The van der Waals surface area contributed by atoms with Gasteiger partial charge in [-0.25, -0.2) is 4.98 Å². The predicted octanol–water partition coefficient (Wildman–Crippen LogP) is 3.59. The van der Waals surface area contributed by atoms with Gasteiger partial charge in [0.15, 0.2) is 11.2 Å². The maximum Gasteiger partial charge on any atom is 0.260 e. The van der Waals surface area contributed by atoms with Crippen LogP contribution in [0.25, 0.3) is 16.2 Å². The number of fused-ring (bicyclic) bond motifs is 1. The van der Waals surface area contributed by atoms with E-state index in [0.717, 1.165) is 11.3 Å². The van der Waals surface area contributed by atoms with E-state index in [1.54, 1.807) is 29.5 Å². The summed E-state index contributed by atoms with van der Waals surface area (Å²) >= 11 is 13.2. The number of aromatic nitrogens is 2. The van der Waals surface area contributed by atoms with E-state index in [4.69, 9.17) is 28.9 Å². The summed E-state index contributed by atoms with van der Waals surface area (Å²) < 4.78 is 1.61. The van der Waals surface area contributed by atoms with E-state index in [1.165, 1.54) is 0 Å². The average molecular weight is 354 g/mol. The first kappa shape index (κ1) is 15.0. The summed E-state index contributed by atoms with van der Waals surface area (Å²) in [4.78, 5) is 28.3. The van der Waals surface area contributed by atoms with Crippen LogP contribution < -0.4 is 5.73 Å². The van der Waals surface area contributed by atoms with E-state index < -0.39 is 5.91 Å². The Balaban J connectivity index is 2.32. The third-order valence-electron chi connectivity index (χ3n) is 3.26. The largest absolute Gasteiger partial charge is 0.365 e. The summed E-state index contributed by atoms with van der Waals surface area (Å²) in [7, 11) is 0.